The first-order valence-electron chi connectivity index (χ1n) is 6.43. The second-order valence-corrected chi connectivity index (χ2v) is 5.05. The molecule has 0 unspecified atom stereocenters. The third kappa shape index (κ3) is 2.18. The lowest BCUT2D eigenvalue weighted by atomic mass is 10.0. The molecule has 0 amide bonds. The maximum Gasteiger partial charge on any atom is 0.186 e. The number of imidazole rings is 1. The smallest absolute Gasteiger partial charge is 0.186 e. The Hall–Kier alpha value is -2.23. The molecule has 0 aliphatic carbocycles. The molecule has 3 rings (SSSR count). The van der Waals surface area contributed by atoms with E-state index >= 15 is 0 Å². The number of halogens is 2. The zero-order valence-corrected chi connectivity index (χ0v) is 11.3. The SMILES string of the molecule is Cc1ccc(C)c(Cc2nc3c(F)c(F)ccc3[nH]2)c1. The van der Waals surface area contributed by atoms with Gasteiger partial charge in [-0.25, -0.2) is 13.8 Å². The number of benzene rings is 2. The molecule has 0 aliphatic rings. The Bertz CT molecular complexity index is 791. The number of aryl methyl sites for hydroxylation is 2. The number of nitrogens with one attached hydrogen (secondary N) is 1. The van der Waals surface area contributed by atoms with E-state index in [1.807, 2.05) is 26.0 Å². The highest BCUT2D eigenvalue weighted by molar-refractivity contribution is 5.75. The molecule has 1 N–H and O–H groups in total. The van der Waals surface area contributed by atoms with E-state index in [-0.39, 0.29) is 5.52 Å². The fraction of sp³-hybridized carbons (Fsp3) is 0.188. The summed E-state index contributed by atoms with van der Waals surface area (Å²) < 4.78 is 26.8. The van der Waals surface area contributed by atoms with Crippen molar-refractivity contribution in [1.82, 2.24) is 9.97 Å². The van der Waals surface area contributed by atoms with Gasteiger partial charge in [-0.3, -0.25) is 0 Å². The Morgan fingerprint density at radius 1 is 1.10 bits per heavy atom. The van der Waals surface area contributed by atoms with Crippen LogP contribution in [0.25, 0.3) is 11.0 Å². The predicted molar refractivity (Wildman–Crippen MR) is 74.7 cm³/mol. The minimum atomic E-state index is -0.897. The molecule has 2 nitrogen and oxygen atoms in total. The molecule has 102 valence electrons. The second kappa shape index (κ2) is 4.71. The van der Waals surface area contributed by atoms with Crippen molar-refractivity contribution in [2.75, 3.05) is 0 Å². The zero-order valence-electron chi connectivity index (χ0n) is 11.3. The largest absolute Gasteiger partial charge is 0.342 e. The zero-order chi connectivity index (χ0) is 14.3. The van der Waals surface area contributed by atoms with Crippen LogP contribution in [-0.2, 0) is 6.42 Å². The normalized spacial score (nSPS) is 11.2. The van der Waals surface area contributed by atoms with Crippen molar-refractivity contribution in [2.24, 2.45) is 0 Å². The quantitative estimate of drug-likeness (QED) is 0.749. The Labute approximate surface area is 115 Å². The van der Waals surface area contributed by atoms with Gasteiger partial charge in [0.1, 0.15) is 11.3 Å². The molecule has 1 aromatic heterocycles. The van der Waals surface area contributed by atoms with Crippen LogP contribution in [0.5, 0.6) is 0 Å². The van der Waals surface area contributed by atoms with Crippen LogP contribution < -0.4 is 0 Å². The van der Waals surface area contributed by atoms with E-state index in [1.54, 1.807) is 0 Å². The first-order chi connectivity index (χ1) is 9.54. The Kier molecular flexibility index (Phi) is 3.01. The van der Waals surface area contributed by atoms with Crippen molar-refractivity contribution in [3.63, 3.8) is 0 Å². The van der Waals surface area contributed by atoms with Crippen LogP contribution in [0.15, 0.2) is 30.3 Å². The molecule has 0 saturated heterocycles. The van der Waals surface area contributed by atoms with Crippen LogP contribution in [0.2, 0.25) is 0 Å². The lowest BCUT2D eigenvalue weighted by molar-refractivity contribution is 0.515. The molecule has 3 aromatic rings. The highest BCUT2D eigenvalue weighted by Crippen LogP contribution is 2.20. The third-order valence-corrected chi connectivity index (χ3v) is 3.46. The molecule has 0 saturated carbocycles. The summed E-state index contributed by atoms with van der Waals surface area (Å²) in [6.07, 6.45) is 0.573. The summed E-state index contributed by atoms with van der Waals surface area (Å²) >= 11 is 0. The average Bonchev–Trinajstić information content (AvgIpc) is 2.82. The maximum absolute atomic E-state index is 13.6. The van der Waals surface area contributed by atoms with E-state index < -0.39 is 11.6 Å². The minimum Gasteiger partial charge on any atom is -0.342 e. The number of hydrogen-bond donors (Lipinski definition) is 1. The molecular formula is C16H14F2N2. The highest BCUT2D eigenvalue weighted by atomic mass is 19.2. The van der Waals surface area contributed by atoms with Crippen molar-refractivity contribution in [2.45, 2.75) is 20.3 Å². The maximum atomic E-state index is 13.6. The lowest BCUT2D eigenvalue weighted by Crippen LogP contribution is -1.94. The summed E-state index contributed by atoms with van der Waals surface area (Å²) in [7, 11) is 0. The number of fused-ring (bicyclic) bond motifs is 1. The molecule has 0 fully saturated rings. The Morgan fingerprint density at radius 2 is 1.90 bits per heavy atom. The number of hydrogen-bond acceptors (Lipinski definition) is 1. The molecule has 0 atom stereocenters. The van der Waals surface area contributed by atoms with Crippen molar-refractivity contribution in [3.05, 3.63) is 64.5 Å². The van der Waals surface area contributed by atoms with Gasteiger partial charge in [-0.2, -0.15) is 0 Å². The molecule has 0 spiro atoms. The van der Waals surface area contributed by atoms with Gasteiger partial charge in [-0.05, 0) is 37.1 Å². The molecular weight excluding hydrogens is 258 g/mol. The van der Waals surface area contributed by atoms with E-state index in [4.69, 9.17) is 0 Å². The summed E-state index contributed by atoms with van der Waals surface area (Å²) in [5.41, 5.74) is 4.03. The third-order valence-electron chi connectivity index (χ3n) is 3.46. The van der Waals surface area contributed by atoms with E-state index in [2.05, 4.69) is 16.0 Å². The summed E-state index contributed by atoms with van der Waals surface area (Å²) in [6.45, 7) is 4.05. The highest BCUT2D eigenvalue weighted by Gasteiger charge is 2.12. The number of nitrogens with zero attached hydrogens (tertiary/aromatic N) is 1. The predicted octanol–water partition coefficient (Wildman–Crippen LogP) is 4.05. The van der Waals surface area contributed by atoms with Crippen LogP contribution in [0.4, 0.5) is 8.78 Å². The van der Waals surface area contributed by atoms with Crippen LogP contribution in [0.1, 0.15) is 22.5 Å². The van der Waals surface area contributed by atoms with E-state index in [0.29, 0.717) is 17.8 Å². The lowest BCUT2D eigenvalue weighted by Gasteiger charge is -2.04. The van der Waals surface area contributed by atoms with Gasteiger partial charge >= 0.3 is 0 Å². The van der Waals surface area contributed by atoms with Crippen molar-refractivity contribution in [1.29, 1.82) is 0 Å². The van der Waals surface area contributed by atoms with Crippen LogP contribution in [-0.4, -0.2) is 9.97 Å². The monoisotopic (exact) mass is 272 g/mol. The van der Waals surface area contributed by atoms with Crippen LogP contribution in [0.3, 0.4) is 0 Å². The first kappa shape index (κ1) is 12.8. The number of aromatic amines is 1. The molecule has 0 aliphatic heterocycles. The summed E-state index contributed by atoms with van der Waals surface area (Å²) in [6, 6.07) is 8.80. The van der Waals surface area contributed by atoms with Gasteiger partial charge in [0.05, 0.1) is 5.52 Å². The van der Waals surface area contributed by atoms with Gasteiger partial charge in [0.2, 0.25) is 0 Å². The van der Waals surface area contributed by atoms with Gasteiger partial charge in [-0.15, -0.1) is 0 Å². The summed E-state index contributed by atoms with van der Waals surface area (Å²) in [5, 5.41) is 0. The average molecular weight is 272 g/mol. The fourth-order valence-corrected chi connectivity index (χ4v) is 2.32. The molecule has 20 heavy (non-hydrogen) atoms. The minimum absolute atomic E-state index is 0.0605. The fourth-order valence-electron chi connectivity index (χ4n) is 2.32. The Balaban J connectivity index is 2.03. The summed E-state index contributed by atoms with van der Waals surface area (Å²) in [5.74, 6) is -1.13. The molecule has 0 bridgehead atoms. The van der Waals surface area contributed by atoms with Gasteiger partial charge in [0.15, 0.2) is 11.6 Å². The van der Waals surface area contributed by atoms with Crippen molar-refractivity contribution in [3.8, 4) is 0 Å². The molecule has 0 radical (unpaired) electrons. The van der Waals surface area contributed by atoms with E-state index in [0.717, 1.165) is 17.2 Å². The number of aromatic nitrogens is 2. The molecule has 4 heteroatoms. The first-order valence-corrected chi connectivity index (χ1v) is 6.43. The summed E-state index contributed by atoms with van der Waals surface area (Å²) in [4.78, 5) is 7.21. The van der Waals surface area contributed by atoms with Crippen molar-refractivity contribution >= 4 is 11.0 Å². The van der Waals surface area contributed by atoms with E-state index in [1.165, 1.54) is 11.6 Å². The number of rotatable bonds is 2. The van der Waals surface area contributed by atoms with Crippen molar-refractivity contribution < 1.29 is 8.78 Å². The standard InChI is InChI=1S/C16H14F2N2/c1-9-3-4-10(2)11(7-9)8-14-19-13-6-5-12(17)15(18)16(13)20-14/h3-7H,8H2,1-2H3,(H,19,20). The topological polar surface area (TPSA) is 28.7 Å². The number of H-pyrrole nitrogens is 1. The van der Waals surface area contributed by atoms with E-state index in [9.17, 15) is 8.78 Å². The Morgan fingerprint density at radius 3 is 2.70 bits per heavy atom. The van der Waals surface area contributed by atoms with Gasteiger partial charge in [-0.1, -0.05) is 23.8 Å². The van der Waals surface area contributed by atoms with Gasteiger partial charge in [0.25, 0.3) is 0 Å². The van der Waals surface area contributed by atoms with Gasteiger partial charge in [0, 0.05) is 6.42 Å². The van der Waals surface area contributed by atoms with Crippen LogP contribution in [0, 0.1) is 25.5 Å². The second-order valence-electron chi connectivity index (χ2n) is 5.05. The molecule has 1 heterocycles. The molecule has 2 aromatic carbocycles. The van der Waals surface area contributed by atoms with Gasteiger partial charge < -0.3 is 4.98 Å². The van der Waals surface area contributed by atoms with Crippen LogP contribution >= 0.6 is 0 Å².